The summed E-state index contributed by atoms with van der Waals surface area (Å²) in [7, 11) is 0.756. The average Bonchev–Trinajstić information content (AvgIpc) is 2.26. The van der Waals surface area contributed by atoms with Crippen molar-refractivity contribution in [3.8, 4) is 0 Å². The lowest BCUT2D eigenvalue weighted by Gasteiger charge is -2.04. The standard InChI is InChI=1S/C12H28N2Si/c1-3-5-7-9-11-13-15-14-12-10-8-6-4-2/h13-14H,3-12H2,1-2H3. The predicted molar refractivity (Wildman–Crippen MR) is 70.0 cm³/mol. The first-order valence-electron chi connectivity index (χ1n) is 6.62. The molecule has 2 N–H and O–H groups in total. The van der Waals surface area contributed by atoms with E-state index in [-0.39, 0.29) is 0 Å². The molecule has 0 aromatic carbocycles. The van der Waals surface area contributed by atoms with E-state index >= 15 is 0 Å². The Balaban J connectivity index is 2.81. The molecule has 0 spiro atoms. The molecule has 0 aliphatic heterocycles. The third kappa shape index (κ3) is 14.1. The fourth-order valence-corrected chi connectivity index (χ4v) is 2.20. The summed E-state index contributed by atoms with van der Waals surface area (Å²) in [5.41, 5.74) is 0. The monoisotopic (exact) mass is 228 g/mol. The molecule has 0 atom stereocenters. The van der Waals surface area contributed by atoms with E-state index in [0.717, 1.165) is 9.84 Å². The maximum absolute atomic E-state index is 3.45. The molecular weight excluding hydrogens is 200 g/mol. The van der Waals surface area contributed by atoms with Crippen molar-refractivity contribution < 1.29 is 0 Å². The quantitative estimate of drug-likeness (QED) is 0.396. The largest absolute Gasteiger partial charge is 0.326 e. The minimum atomic E-state index is 0.756. The van der Waals surface area contributed by atoms with Crippen LogP contribution in [0.1, 0.15) is 65.2 Å². The Morgan fingerprint density at radius 1 is 0.667 bits per heavy atom. The number of hydrogen-bond donors (Lipinski definition) is 2. The van der Waals surface area contributed by atoms with Gasteiger partial charge in [-0.1, -0.05) is 52.4 Å². The van der Waals surface area contributed by atoms with E-state index in [0.29, 0.717) is 0 Å². The van der Waals surface area contributed by atoms with Gasteiger partial charge < -0.3 is 9.96 Å². The molecule has 0 aromatic rings. The Morgan fingerprint density at radius 2 is 1.13 bits per heavy atom. The molecule has 0 unspecified atom stereocenters. The molecule has 0 saturated heterocycles. The van der Waals surface area contributed by atoms with Gasteiger partial charge in [0.05, 0.1) is 0 Å². The highest BCUT2D eigenvalue weighted by atomic mass is 28.2. The van der Waals surface area contributed by atoms with Crippen LogP contribution in [-0.2, 0) is 0 Å². The molecule has 0 aliphatic carbocycles. The first kappa shape index (κ1) is 15.1. The summed E-state index contributed by atoms with van der Waals surface area (Å²) in [6, 6.07) is 0. The van der Waals surface area contributed by atoms with Gasteiger partial charge in [0.1, 0.15) is 0 Å². The molecule has 2 nitrogen and oxygen atoms in total. The van der Waals surface area contributed by atoms with Gasteiger partial charge in [-0.25, -0.2) is 0 Å². The van der Waals surface area contributed by atoms with Crippen LogP contribution in [0.2, 0.25) is 0 Å². The van der Waals surface area contributed by atoms with Crippen molar-refractivity contribution in [3.05, 3.63) is 0 Å². The Hall–Kier alpha value is 0.137. The zero-order chi connectivity index (χ0) is 11.2. The number of unbranched alkanes of at least 4 members (excludes halogenated alkanes) is 6. The fraction of sp³-hybridized carbons (Fsp3) is 1.00. The maximum Gasteiger partial charge on any atom is 0.245 e. The molecule has 0 bridgehead atoms. The molecule has 0 aromatic heterocycles. The minimum Gasteiger partial charge on any atom is -0.326 e. The molecule has 2 radical (unpaired) electrons. The molecule has 0 fully saturated rings. The van der Waals surface area contributed by atoms with Gasteiger partial charge >= 0.3 is 0 Å². The number of hydrogen-bond acceptors (Lipinski definition) is 2. The van der Waals surface area contributed by atoms with E-state index in [1.54, 1.807) is 0 Å². The third-order valence-corrected chi connectivity index (χ3v) is 3.34. The van der Waals surface area contributed by atoms with Gasteiger partial charge in [0.25, 0.3) is 0 Å². The summed E-state index contributed by atoms with van der Waals surface area (Å²) in [5, 5.41) is 0. The van der Waals surface area contributed by atoms with Crippen LogP contribution in [0.25, 0.3) is 0 Å². The van der Waals surface area contributed by atoms with Crippen LogP contribution >= 0.6 is 0 Å². The second-order valence-electron chi connectivity index (χ2n) is 4.10. The summed E-state index contributed by atoms with van der Waals surface area (Å²) in [6.45, 7) is 6.88. The highest BCUT2D eigenvalue weighted by Crippen LogP contribution is 1.97. The second kappa shape index (κ2) is 14.1. The van der Waals surface area contributed by atoms with Gasteiger partial charge in [-0.3, -0.25) is 0 Å². The van der Waals surface area contributed by atoms with Gasteiger partial charge in [-0.05, 0) is 25.9 Å². The van der Waals surface area contributed by atoms with Gasteiger partial charge in [-0.2, -0.15) is 0 Å². The Kier molecular flexibility index (Phi) is 14.3. The van der Waals surface area contributed by atoms with E-state index < -0.39 is 0 Å². The van der Waals surface area contributed by atoms with Crippen molar-refractivity contribution in [2.75, 3.05) is 13.1 Å². The van der Waals surface area contributed by atoms with Crippen molar-refractivity contribution in [1.82, 2.24) is 9.96 Å². The second-order valence-corrected chi connectivity index (χ2v) is 5.06. The first-order valence-corrected chi connectivity index (χ1v) is 7.62. The smallest absolute Gasteiger partial charge is 0.245 e. The van der Waals surface area contributed by atoms with Crippen LogP contribution in [0, 0.1) is 0 Å². The molecule has 0 rings (SSSR count). The molecule has 90 valence electrons. The highest BCUT2D eigenvalue weighted by molar-refractivity contribution is 6.28. The van der Waals surface area contributed by atoms with Gasteiger partial charge in [0.2, 0.25) is 9.84 Å². The van der Waals surface area contributed by atoms with E-state index in [9.17, 15) is 0 Å². The van der Waals surface area contributed by atoms with Crippen molar-refractivity contribution in [2.45, 2.75) is 65.2 Å². The molecule has 0 saturated carbocycles. The number of rotatable bonds is 12. The van der Waals surface area contributed by atoms with Crippen LogP contribution < -0.4 is 9.96 Å². The lowest BCUT2D eigenvalue weighted by atomic mass is 10.2. The van der Waals surface area contributed by atoms with Gasteiger partial charge in [-0.15, -0.1) is 0 Å². The van der Waals surface area contributed by atoms with Crippen LogP contribution in [0.4, 0.5) is 0 Å². The first-order chi connectivity index (χ1) is 7.41. The molecule has 3 heteroatoms. The normalized spacial score (nSPS) is 10.8. The summed E-state index contributed by atoms with van der Waals surface area (Å²) < 4.78 is 0. The van der Waals surface area contributed by atoms with Gasteiger partial charge in [0.15, 0.2) is 0 Å². The molecule has 0 amide bonds. The molecular formula is C12H28N2Si. The minimum absolute atomic E-state index is 0.756. The van der Waals surface area contributed by atoms with Crippen molar-refractivity contribution >= 4 is 9.84 Å². The van der Waals surface area contributed by atoms with Crippen molar-refractivity contribution in [3.63, 3.8) is 0 Å². The van der Waals surface area contributed by atoms with Crippen molar-refractivity contribution in [2.24, 2.45) is 0 Å². The Morgan fingerprint density at radius 3 is 1.53 bits per heavy atom. The summed E-state index contributed by atoms with van der Waals surface area (Å²) in [5.74, 6) is 0. The van der Waals surface area contributed by atoms with Crippen LogP contribution in [0.15, 0.2) is 0 Å². The van der Waals surface area contributed by atoms with Crippen molar-refractivity contribution in [1.29, 1.82) is 0 Å². The lowest BCUT2D eigenvalue weighted by molar-refractivity contribution is 0.644. The highest BCUT2D eigenvalue weighted by Gasteiger charge is 1.91. The predicted octanol–water partition coefficient (Wildman–Crippen LogP) is 2.86. The summed E-state index contributed by atoms with van der Waals surface area (Å²) in [6.07, 6.45) is 10.9. The zero-order valence-corrected chi connectivity index (χ0v) is 11.6. The average molecular weight is 228 g/mol. The van der Waals surface area contributed by atoms with Crippen LogP contribution in [0.3, 0.4) is 0 Å². The van der Waals surface area contributed by atoms with E-state index in [4.69, 9.17) is 0 Å². The fourth-order valence-electron chi connectivity index (χ4n) is 1.47. The Bertz CT molecular complexity index is 97.8. The zero-order valence-electron chi connectivity index (χ0n) is 10.6. The lowest BCUT2D eigenvalue weighted by Crippen LogP contribution is -2.34. The SMILES string of the molecule is CCCCCCN[Si]NCCCCCC. The molecule has 0 aliphatic rings. The third-order valence-electron chi connectivity index (χ3n) is 2.49. The van der Waals surface area contributed by atoms with Gasteiger partial charge in [0, 0.05) is 0 Å². The topological polar surface area (TPSA) is 24.1 Å². The molecule has 15 heavy (non-hydrogen) atoms. The van der Waals surface area contributed by atoms with Crippen LogP contribution in [-0.4, -0.2) is 22.9 Å². The number of nitrogens with one attached hydrogen (secondary N) is 2. The maximum atomic E-state index is 3.45. The van der Waals surface area contributed by atoms with E-state index in [1.165, 1.54) is 64.5 Å². The summed E-state index contributed by atoms with van der Waals surface area (Å²) >= 11 is 0. The summed E-state index contributed by atoms with van der Waals surface area (Å²) in [4.78, 5) is 6.90. The van der Waals surface area contributed by atoms with E-state index in [1.807, 2.05) is 0 Å². The molecule has 0 heterocycles. The van der Waals surface area contributed by atoms with Crippen LogP contribution in [0.5, 0.6) is 0 Å². The van der Waals surface area contributed by atoms with E-state index in [2.05, 4.69) is 23.8 Å². The Labute approximate surface area is 98.6 Å².